The number of aryl methyl sites for hydroxylation is 3. The van der Waals surface area contributed by atoms with Crippen molar-refractivity contribution in [2.24, 2.45) is 0 Å². The Kier molecular flexibility index (Phi) is 25.3. The van der Waals surface area contributed by atoms with Gasteiger partial charge < -0.3 is 79.4 Å². The molecular weight excluding hydrogens is 1490 g/mol. The summed E-state index contributed by atoms with van der Waals surface area (Å²) < 4.78 is 63.2. The third-order valence-electron chi connectivity index (χ3n) is 19.9. The molecule has 0 atom stereocenters. The van der Waals surface area contributed by atoms with Crippen molar-refractivity contribution in [1.29, 1.82) is 0 Å². The Labute approximate surface area is 668 Å². The second-order valence-electron chi connectivity index (χ2n) is 29.3. The topological polar surface area (TPSA) is 325 Å². The van der Waals surface area contributed by atoms with Gasteiger partial charge in [-0.3, -0.25) is 34.0 Å². The molecule has 0 spiro atoms. The van der Waals surface area contributed by atoms with Crippen LogP contribution in [0.3, 0.4) is 0 Å². The molecule has 3 aromatic carbocycles. The summed E-state index contributed by atoms with van der Waals surface area (Å²) in [6, 6.07) is 25.8. The second-order valence-corrected chi connectivity index (χ2v) is 29.3. The molecule has 0 saturated carbocycles. The number of carbonyl (C=O) groups excluding carboxylic acids is 4. The van der Waals surface area contributed by atoms with E-state index >= 15 is 13.2 Å². The standard InChI is InChI=1S/C28H33FN8O2.C27H29FN8O3.C27H31FN8O2/c1-5-36-10-12-37(13-11-36)16-19-6-9-23(30-15-19)34-26-24(28(38)35(3)4)27(32-17-31-26)39-22-8-7-21-20(25(22)29)14-18(2)33-21;1-16-13-18-19(32-16)6-7-20(23(18)28)39-25-22(27(38)34(2)3)24(30-15-31-25)33-21-8-5-17(14-29-21)26(37)36-11-9-35(4)10-12-36;1-17-13-20-21(32-17)7-8-22(24(20)28)38-26-23(27(37)34(2)3)25(30-16-31-26)33-18-5-6-19(29-14-18)15-36-11-9-35(4)10-12-36/h6-9,14-15,17,33H,5,10-13,16H2,1-4H3,(H,30,31,32,34);5-8,13-15,32H,9-12H2,1-4H3,(H,29,30,31,33);5-8,13-14,16,32H,9-12,15H2,1-4H3,(H,30,31,33). The quantitative estimate of drug-likeness (QED) is 0.0389. The van der Waals surface area contributed by atoms with Crippen LogP contribution in [0.4, 0.5) is 47.9 Å². The molecule has 31 nitrogen and oxygen atoms in total. The van der Waals surface area contributed by atoms with Gasteiger partial charge in [0.15, 0.2) is 52.2 Å². The van der Waals surface area contributed by atoms with Gasteiger partial charge in [-0.1, -0.05) is 13.0 Å². The van der Waals surface area contributed by atoms with E-state index in [0.29, 0.717) is 68.7 Å². The zero-order valence-electron chi connectivity index (χ0n) is 66.8. The average Bonchev–Trinajstić information content (AvgIpc) is 1.71. The molecule has 15 rings (SSSR count). The molecule has 9 aromatic heterocycles. The van der Waals surface area contributed by atoms with Gasteiger partial charge in [0.05, 0.1) is 23.1 Å². The number of H-pyrrole nitrogens is 3. The minimum absolute atomic E-state index is 0.00614. The predicted octanol–water partition coefficient (Wildman–Crippen LogP) is 11.4. The summed E-state index contributed by atoms with van der Waals surface area (Å²) in [4.78, 5) is 118. The summed E-state index contributed by atoms with van der Waals surface area (Å²) in [5.41, 5.74) is 7.76. The maximum atomic E-state index is 15.2. The highest BCUT2D eigenvalue weighted by Gasteiger charge is 2.30. The first-order chi connectivity index (χ1) is 55.8. The molecule has 0 aliphatic carbocycles. The number of carbonyl (C=O) groups is 4. The predicted molar refractivity (Wildman–Crippen MR) is 435 cm³/mol. The van der Waals surface area contributed by atoms with E-state index in [1.54, 1.807) is 102 Å². The molecule has 116 heavy (non-hydrogen) atoms. The maximum absolute atomic E-state index is 15.2. The number of aromatic amines is 3. The highest BCUT2D eigenvalue weighted by atomic mass is 19.1. The first-order valence-electron chi connectivity index (χ1n) is 37.9. The number of likely N-dealkylation sites (N-methyl/N-ethyl adjacent to an activating group) is 3. The SMILES string of the molecule is CCN1CCN(Cc2ccc(Nc3ncnc(Oc4ccc5[nH]c(C)cc5c4F)c3C(=O)N(C)C)nc2)CC1.Cc1cc2c(F)c(Oc3ncnc(Nc4ccc(C(=O)N5CCN(C)CC5)cn4)c3C(=O)N(C)C)ccc2[nH]1.Cc1cc2c(F)c(Oc3ncnc(Nc4ccc(CN5CCN(C)CC5)nc4)c3C(=O)N(C)C)ccc2[nH]1. The first kappa shape index (κ1) is 81.3. The number of rotatable bonds is 21. The number of nitrogens with one attached hydrogen (secondary N) is 6. The molecular formula is C82H93F3N24O7. The average molecular weight is 1580 g/mol. The summed E-state index contributed by atoms with van der Waals surface area (Å²) in [7, 11) is 13.8. The Balaban J connectivity index is 0.000000151. The van der Waals surface area contributed by atoms with E-state index in [1.165, 1.54) is 58.1 Å². The lowest BCUT2D eigenvalue weighted by Crippen LogP contribution is -2.47. The summed E-state index contributed by atoms with van der Waals surface area (Å²) in [6.45, 7) is 21.7. The van der Waals surface area contributed by atoms with Crippen LogP contribution in [0.15, 0.2) is 129 Å². The molecule has 0 radical (unpaired) electrons. The maximum Gasteiger partial charge on any atom is 0.262 e. The second kappa shape index (κ2) is 36.2. The van der Waals surface area contributed by atoms with Gasteiger partial charge in [-0.05, 0) is 132 Å². The lowest BCUT2D eigenvalue weighted by atomic mass is 10.2. The van der Waals surface area contributed by atoms with Crippen molar-refractivity contribution in [3.8, 4) is 34.9 Å². The number of ether oxygens (including phenoxy) is 3. The van der Waals surface area contributed by atoms with Gasteiger partial charge in [0, 0.05) is 196 Å². The molecule has 4 amide bonds. The number of amides is 4. The van der Waals surface area contributed by atoms with Crippen LogP contribution in [0.2, 0.25) is 0 Å². The van der Waals surface area contributed by atoms with Crippen LogP contribution in [0, 0.1) is 38.2 Å². The third kappa shape index (κ3) is 19.2. The van der Waals surface area contributed by atoms with Crippen LogP contribution in [0.5, 0.6) is 34.9 Å². The number of hydrogen-bond acceptors (Lipinski definition) is 24. The third-order valence-corrected chi connectivity index (χ3v) is 19.9. The Bertz CT molecular complexity index is 5510. The minimum Gasteiger partial charge on any atom is -0.435 e. The zero-order chi connectivity index (χ0) is 82.0. The number of halogens is 3. The smallest absolute Gasteiger partial charge is 0.262 e. The number of hydrogen-bond donors (Lipinski definition) is 6. The molecule has 3 saturated heterocycles. The van der Waals surface area contributed by atoms with Gasteiger partial charge in [-0.15, -0.1) is 0 Å². The Morgan fingerprint density at radius 3 is 1.22 bits per heavy atom. The van der Waals surface area contributed by atoms with E-state index in [9.17, 15) is 19.2 Å². The van der Waals surface area contributed by atoms with Gasteiger partial charge in [-0.2, -0.15) is 0 Å². The zero-order valence-corrected chi connectivity index (χ0v) is 66.8. The normalized spacial score (nSPS) is 14.3. The molecule has 12 aromatic rings. The number of pyridine rings is 3. The van der Waals surface area contributed by atoms with E-state index in [1.807, 2.05) is 58.3 Å². The minimum atomic E-state index is -0.574. The molecule has 12 heterocycles. The van der Waals surface area contributed by atoms with E-state index < -0.39 is 29.3 Å². The highest BCUT2D eigenvalue weighted by molar-refractivity contribution is 6.03. The monoisotopic (exact) mass is 1580 g/mol. The van der Waals surface area contributed by atoms with Gasteiger partial charge >= 0.3 is 0 Å². The van der Waals surface area contributed by atoms with Crippen molar-refractivity contribution in [3.05, 3.63) is 197 Å². The van der Waals surface area contributed by atoms with Gasteiger partial charge in [-0.25, -0.2) is 53.0 Å². The van der Waals surface area contributed by atoms with Crippen LogP contribution >= 0.6 is 0 Å². The van der Waals surface area contributed by atoms with Crippen molar-refractivity contribution in [3.63, 3.8) is 0 Å². The molecule has 0 bridgehead atoms. The summed E-state index contributed by atoms with van der Waals surface area (Å²) in [6.07, 6.45) is 8.77. The number of benzene rings is 3. The van der Waals surface area contributed by atoms with E-state index in [2.05, 4.69) is 114 Å². The molecule has 3 fully saturated rings. The largest absolute Gasteiger partial charge is 0.435 e. The Morgan fingerprint density at radius 2 is 0.828 bits per heavy atom. The van der Waals surface area contributed by atoms with Crippen LogP contribution in [-0.2, 0) is 13.1 Å². The first-order valence-corrected chi connectivity index (χ1v) is 37.9. The molecule has 0 unspecified atom stereocenters. The van der Waals surface area contributed by atoms with Gasteiger partial charge in [0.25, 0.3) is 23.6 Å². The van der Waals surface area contributed by atoms with Gasteiger partial charge in [0.1, 0.15) is 47.3 Å². The lowest BCUT2D eigenvalue weighted by Gasteiger charge is -2.33. The van der Waals surface area contributed by atoms with Crippen molar-refractivity contribution in [2.75, 3.05) is 157 Å². The van der Waals surface area contributed by atoms with Crippen molar-refractivity contribution >= 4 is 91.1 Å². The van der Waals surface area contributed by atoms with Crippen LogP contribution in [-0.4, -0.2) is 269 Å². The van der Waals surface area contributed by atoms with E-state index in [4.69, 9.17) is 14.2 Å². The molecule has 6 N–H and O–H groups in total. The van der Waals surface area contributed by atoms with E-state index in [-0.39, 0.29) is 80.8 Å². The molecule has 604 valence electrons. The van der Waals surface area contributed by atoms with Crippen LogP contribution in [0.25, 0.3) is 32.7 Å². The molecule has 3 aliphatic rings. The number of fused-ring (bicyclic) bond motifs is 3. The van der Waals surface area contributed by atoms with Crippen LogP contribution < -0.4 is 30.2 Å². The summed E-state index contributed by atoms with van der Waals surface area (Å²) in [5.74, 6) is -1.89. The fourth-order valence-electron chi connectivity index (χ4n) is 13.4. The summed E-state index contributed by atoms with van der Waals surface area (Å²) in [5, 5.41) is 10.5. The molecule has 34 heteroatoms. The van der Waals surface area contributed by atoms with Crippen LogP contribution in [0.1, 0.15) is 76.7 Å². The number of piperazine rings is 3. The fourth-order valence-corrected chi connectivity index (χ4v) is 13.4. The highest BCUT2D eigenvalue weighted by Crippen LogP contribution is 2.38. The number of aromatic nitrogens is 12. The summed E-state index contributed by atoms with van der Waals surface area (Å²) >= 11 is 0. The lowest BCUT2D eigenvalue weighted by molar-refractivity contribution is 0.0662. The number of anilines is 6. The fraction of sp³-hybridized carbons (Fsp3) is 0.329. The van der Waals surface area contributed by atoms with Crippen molar-refractivity contribution in [1.82, 2.24) is 104 Å². The molecule has 3 aliphatic heterocycles. The van der Waals surface area contributed by atoms with E-state index in [0.717, 1.165) is 113 Å². The van der Waals surface area contributed by atoms with Gasteiger partial charge in [0.2, 0.25) is 17.6 Å². The van der Waals surface area contributed by atoms with Crippen molar-refractivity contribution < 1.29 is 46.6 Å². The Hall–Kier alpha value is -12.8. The van der Waals surface area contributed by atoms with Crippen molar-refractivity contribution in [2.45, 2.75) is 40.8 Å². The number of nitrogens with zero attached hydrogens (tertiary/aromatic N) is 18. The Morgan fingerprint density at radius 1 is 0.431 bits per heavy atom.